The quantitative estimate of drug-likeness (QED) is 0.620. The molecule has 0 aromatic heterocycles. The van der Waals surface area contributed by atoms with Gasteiger partial charge in [-0.05, 0) is 51.4 Å². The topological polar surface area (TPSA) is 48.9 Å². The molecule has 2 saturated heterocycles. The molecule has 3 unspecified atom stereocenters. The van der Waals surface area contributed by atoms with Crippen LogP contribution in [-0.4, -0.2) is 49.7 Å². The van der Waals surface area contributed by atoms with Crippen LogP contribution in [-0.2, 0) is 17.8 Å². The van der Waals surface area contributed by atoms with Crippen LogP contribution >= 0.6 is 0 Å². The molecule has 2 aliphatic heterocycles. The summed E-state index contributed by atoms with van der Waals surface area (Å²) in [5, 5.41) is 6.93. The van der Waals surface area contributed by atoms with Gasteiger partial charge in [0.05, 0.1) is 24.8 Å². The Bertz CT molecular complexity index is 572. The molecule has 0 spiro atoms. The van der Waals surface area contributed by atoms with Crippen LogP contribution in [0.5, 0.6) is 0 Å². The van der Waals surface area contributed by atoms with E-state index in [0.717, 1.165) is 25.5 Å². The molecular weight excluding hydrogens is 300 g/mol. The molecule has 2 fully saturated rings. The number of rotatable bonds is 6. The Kier molecular flexibility index (Phi) is 5.74. The highest BCUT2D eigenvalue weighted by molar-refractivity contribution is 5.80. The molecule has 0 aliphatic carbocycles. The number of aliphatic imine (C=N–C) groups is 1. The Hall–Kier alpha value is -1.59. The second kappa shape index (κ2) is 7.99. The maximum Gasteiger partial charge on any atom is 0.191 e. The summed E-state index contributed by atoms with van der Waals surface area (Å²) in [5.41, 5.74) is 2.57. The first kappa shape index (κ1) is 17.2. The molecule has 24 heavy (non-hydrogen) atoms. The fourth-order valence-corrected chi connectivity index (χ4v) is 3.65. The maximum atomic E-state index is 5.93. The van der Waals surface area contributed by atoms with E-state index in [1.54, 1.807) is 0 Å². The summed E-state index contributed by atoms with van der Waals surface area (Å²) < 4.78 is 5.93. The van der Waals surface area contributed by atoms with Gasteiger partial charge in [0.25, 0.3) is 0 Å². The van der Waals surface area contributed by atoms with Gasteiger partial charge in [0.1, 0.15) is 0 Å². The highest BCUT2D eigenvalue weighted by atomic mass is 16.5. The zero-order valence-electron chi connectivity index (χ0n) is 15.1. The van der Waals surface area contributed by atoms with E-state index in [9.17, 15) is 0 Å². The molecule has 5 heteroatoms. The fourth-order valence-electron chi connectivity index (χ4n) is 3.65. The van der Waals surface area contributed by atoms with Crippen molar-refractivity contribution >= 4 is 5.96 Å². The van der Waals surface area contributed by atoms with Crippen molar-refractivity contribution in [2.75, 3.05) is 20.6 Å². The van der Waals surface area contributed by atoms with Gasteiger partial charge in [-0.1, -0.05) is 24.3 Å². The predicted molar refractivity (Wildman–Crippen MR) is 98.1 cm³/mol. The zero-order valence-corrected chi connectivity index (χ0v) is 15.1. The number of hydrogen-bond acceptors (Lipinski definition) is 3. The lowest BCUT2D eigenvalue weighted by molar-refractivity contribution is 0.0992. The Labute approximate surface area is 145 Å². The molecule has 2 aliphatic rings. The van der Waals surface area contributed by atoms with Crippen LogP contribution in [0.2, 0.25) is 0 Å². The summed E-state index contributed by atoms with van der Waals surface area (Å²) in [7, 11) is 4.19. The Morgan fingerprint density at radius 2 is 2.12 bits per heavy atom. The first-order chi connectivity index (χ1) is 11.6. The van der Waals surface area contributed by atoms with Gasteiger partial charge in [0, 0.05) is 13.1 Å². The van der Waals surface area contributed by atoms with Gasteiger partial charge < -0.3 is 20.3 Å². The van der Waals surface area contributed by atoms with E-state index in [4.69, 9.17) is 9.73 Å². The molecule has 132 valence electrons. The lowest BCUT2D eigenvalue weighted by atomic mass is 9.96. The number of fused-ring (bicyclic) bond motifs is 2. The van der Waals surface area contributed by atoms with Crippen molar-refractivity contribution < 1.29 is 4.74 Å². The summed E-state index contributed by atoms with van der Waals surface area (Å²) in [6.45, 7) is 4.62. The average molecular weight is 330 g/mol. The normalized spacial score (nSPS) is 26.2. The van der Waals surface area contributed by atoms with E-state index in [2.05, 4.69) is 60.8 Å². The van der Waals surface area contributed by atoms with E-state index in [1.807, 2.05) is 0 Å². The van der Waals surface area contributed by atoms with E-state index in [0.29, 0.717) is 24.8 Å². The van der Waals surface area contributed by atoms with Crippen LogP contribution < -0.4 is 10.6 Å². The van der Waals surface area contributed by atoms with Crippen molar-refractivity contribution in [3.63, 3.8) is 0 Å². The zero-order chi connectivity index (χ0) is 16.9. The number of ether oxygens (including phenoxy) is 1. The van der Waals surface area contributed by atoms with Crippen molar-refractivity contribution in [1.29, 1.82) is 0 Å². The van der Waals surface area contributed by atoms with Gasteiger partial charge in [-0.15, -0.1) is 0 Å². The van der Waals surface area contributed by atoms with Gasteiger partial charge in [-0.2, -0.15) is 0 Å². The van der Waals surface area contributed by atoms with Crippen LogP contribution in [0, 0.1) is 0 Å². The van der Waals surface area contributed by atoms with Crippen molar-refractivity contribution in [3.05, 3.63) is 35.4 Å². The molecule has 5 nitrogen and oxygen atoms in total. The fraction of sp³-hybridized carbons (Fsp3) is 0.632. The third-order valence-electron chi connectivity index (χ3n) is 4.68. The van der Waals surface area contributed by atoms with Gasteiger partial charge in [0.2, 0.25) is 0 Å². The Morgan fingerprint density at radius 1 is 1.29 bits per heavy atom. The van der Waals surface area contributed by atoms with Crippen LogP contribution in [0.4, 0.5) is 0 Å². The summed E-state index contributed by atoms with van der Waals surface area (Å²) >= 11 is 0. The number of nitrogens with one attached hydrogen (secondary N) is 2. The molecule has 1 aromatic carbocycles. The van der Waals surface area contributed by atoms with E-state index >= 15 is 0 Å². The van der Waals surface area contributed by atoms with Crippen molar-refractivity contribution in [2.24, 2.45) is 4.99 Å². The van der Waals surface area contributed by atoms with Gasteiger partial charge in [-0.25, -0.2) is 4.99 Å². The van der Waals surface area contributed by atoms with E-state index in [-0.39, 0.29) is 0 Å². The van der Waals surface area contributed by atoms with Gasteiger partial charge in [0.15, 0.2) is 5.96 Å². The molecule has 0 amide bonds. The van der Waals surface area contributed by atoms with Crippen molar-refractivity contribution in [3.8, 4) is 0 Å². The highest BCUT2D eigenvalue weighted by Crippen LogP contribution is 2.34. The number of benzene rings is 1. The molecule has 0 radical (unpaired) electrons. The summed E-state index contributed by atoms with van der Waals surface area (Å²) in [6, 6.07) is 9.08. The largest absolute Gasteiger partial charge is 0.373 e. The predicted octanol–water partition coefficient (Wildman–Crippen LogP) is 2.12. The monoisotopic (exact) mass is 330 g/mol. The van der Waals surface area contributed by atoms with Crippen molar-refractivity contribution in [1.82, 2.24) is 15.5 Å². The standard InChI is InChI=1S/C19H30N4O/c1-4-20-19(22-17-11-16-8-9-18(17)24-16)21-12-14-6-5-7-15(10-14)13-23(2)3/h5-7,10,16-18H,4,8-9,11-13H2,1-3H3,(H2,20,21,22). The van der Waals surface area contributed by atoms with Gasteiger partial charge in [-0.3, -0.25) is 0 Å². The average Bonchev–Trinajstić information content (AvgIpc) is 3.15. The Morgan fingerprint density at radius 3 is 2.79 bits per heavy atom. The molecule has 2 heterocycles. The first-order valence-electron chi connectivity index (χ1n) is 9.07. The third-order valence-corrected chi connectivity index (χ3v) is 4.68. The molecule has 3 rings (SSSR count). The molecule has 2 bridgehead atoms. The lowest BCUT2D eigenvalue weighted by Gasteiger charge is -2.22. The molecular formula is C19H30N4O. The lowest BCUT2D eigenvalue weighted by Crippen LogP contribution is -2.47. The Balaban J connectivity index is 1.61. The number of nitrogens with zero attached hydrogens (tertiary/aromatic N) is 2. The minimum absolute atomic E-state index is 0.363. The van der Waals surface area contributed by atoms with Crippen LogP contribution in [0.25, 0.3) is 0 Å². The third kappa shape index (κ3) is 4.48. The highest BCUT2D eigenvalue weighted by Gasteiger charge is 2.41. The summed E-state index contributed by atoms with van der Waals surface area (Å²) in [5.74, 6) is 0.900. The minimum Gasteiger partial charge on any atom is -0.373 e. The first-order valence-corrected chi connectivity index (χ1v) is 9.07. The summed E-state index contributed by atoms with van der Waals surface area (Å²) in [4.78, 5) is 6.96. The molecule has 3 atom stereocenters. The van der Waals surface area contributed by atoms with E-state index in [1.165, 1.54) is 24.0 Å². The molecule has 2 N–H and O–H groups in total. The maximum absolute atomic E-state index is 5.93. The SMILES string of the molecule is CCNC(=NCc1cccc(CN(C)C)c1)NC1CC2CCC1O2. The van der Waals surface area contributed by atoms with E-state index < -0.39 is 0 Å². The van der Waals surface area contributed by atoms with Crippen LogP contribution in [0.1, 0.15) is 37.3 Å². The second-order valence-corrected chi connectivity index (χ2v) is 7.11. The smallest absolute Gasteiger partial charge is 0.191 e. The number of hydrogen-bond donors (Lipinski definition) is 2. The number of guanidine groups is 1. The summed E-state index contributed by atoms with van der Waals surface area (Å²) in [6.07, 6.45) is 4.32. The van der Waals surface area contributed by atoms with Crippen LogP contribution in [0.15, 0.2) is 29.3 Å². The van der Waals surface area contributed by atoms with Gasteiger partial charge >= 0.3 is 0 Å². The second-order valence-electron chi connectivity index (χ2n) is 7.11. The molecule has 1 aromatic rings. The minimum atomic E-state index is 0.363. The van der Waals surface area contributed by atoms with Crippen molar-refractivity contribution in [2.45, 2.75) is 57.5 Å². The molecule has 0 saturated carbocycles. The van der Waals surface area contributed by atoms with Crippen LogP contribution in [0.3, 0.4) is 0 Å².